The molecule has 3 rings (SSSR count). The van der Waals surface area contributed by atoms with Gasteiger partial charge in [0.2, 0.25) is 5.91 Å². The zero-order valence-electron chi connectivity index (χ0n) is 11.3. The van der Waals surface area contributed by atoms with E-state index < -0.39 is 17.7 Å². The molecule has 2 aromatic carbocycles. The molecule has 5 heteroatoms. The summed E-state index contributed by atoms with van der Waals surface area (Å²) >= 11 is 12.5. The van der Waals surface area contributed by atoms with E-state index >= 15 is 0 Å². The molecule has 1 N–H and O–H groups in total. The number of rotatable bonds is 2. The van der Waals surface area contributed by atoms with Gasteiger partial charge in [-0.1, -0.05) is 59.6 Å². The lowest BCUT2D eigenvalue weighted by molar-refractivity contribution is -0.128. The van der Waals surface area contributed by atoms with Crippen molar-refractivity contribution in [2.45, 2.75) is 5.92 Å². The van der Waals surface area contributed by atoms with Crippen molar-refractivity contribution < 1.29 is 9.59 Å². The normalized spacial score (nSPS) is 17.9. The minimum atomic E-state index is -0.675. The maximum Gasteiger partial charge on any atom is 0.250 e. The minimum Gasteiger partial charge on any atom is -0.292 e. The molecule has 1 heterocycles. The minimum absolute atomic E-state index is 0.407. The molecule has 1 unspecified atom stereocenters. The predicted molar refractivity (Wildman–Crippen MR) is 86.8 cm³/mol. The summed E-state index contributed by atoms with van der Waals surface area (Å²) in [5.41, 5.74) is 1.84. The van der Waals surface area contributed by atoms with E-state index in [1.807, 2.05) is 6.07 Å². The quantitative estimate of drug-likeness (QED) is 0.850. The third kappa shape index (κ3) is 2.65. The van der Waals surface area contributed by atoms with Gasteiger partial charge in [-0.15, -0.1) is 0 Å². The van der Waals surface area contributed by atoms with Crippen molar-refractivity contribution in [2.24, 2.45) is 0 Å². The topological polar surface area (TPSA) is 46.2 Å². The summed E-state index contributed by atoms with van der Waals surface area (Å²) in [6, 6.07) is 14.2. The highest BCUT2D eigenvalue weighted by molar-refractivity contribution is 6.34. The van der Waals surface area contributed by atoms with Crippen LogP contribution in [0.3, 0.4) is 0 Å². The number of amides is 2. The fraction of sp³-hybridized carbons (Fsp3) is 0.0588. The van der Waals surface area contributed by atoms with Crippen LogP contribution in [0.4, 0.5) is 0 Å². The third-order valence-electron chi connectivity index (χ3n) is 3.51. The van der Waals surface area contributed by atoms with E-state index in [1.165, 1.54) is 6.08 Å². The molecule has 0 bridgehead atoms. The number of carbonyl (C=O) groups excluding carboxylic acids is 2. The molecule has 22 heavy (non-hydrogen) atoms. The van der Waals surface area contributed by atoms with Gasteiger partial charge in [-0.05, 0) is 28.8 Å². The van der Waals surface area contributed by atoms with Crippen molar-refractivity contribution in [3.05, 3.63) is 75.8 Å². The fourth-order valence-electron chi connectivity index (χ4n) is 2.54. The Morgan fingerprint density at radius 3 is 2.18 bits per heavy atom. The van der Waals surface area contributed by atoms with Gasteiger partial charge in [0.15, 0.2) is 0 Å². The Morgan fingerprint density at radius 2 is 1.50 bits per heavy atom. The van der Waals surface area contributed by atoms with Crippen LogP contribution in [-0.4, -0.2) is 11.8 Å². The number of hydrogen-bond acceptors (Lipinski definition) is 2. The van der Waals surface area contributed by atoms with E-state index in [0.717, 1.165) is 0 Å². The maximum atomic E-state index is 12.4. The fourth-order valence-corrected chi connectivity index (χ4v) is 3.03. The van der Waals surface area contributed by atoms with Crippen molar-refractivity contribution in [1.82, 2.24) is 5.32 Å². The number of nitrogens with one attached hydrogen (secondary N) is 1. The molecule has 0 aromatic heterocycles. The largest absolute Gasteiger partial charge is 0.292 e. The van der Waals surface area contributed by atoms with E-state index in [-0.39, 0.29) is 0 Å². The lowest BCUT2D eigenvalue weighted by Crippen LogP contribution is -2.38. The first-order valence-electron chi connectivity index (χ1n) is 6.63. The zero-order valence-corrected chi connectivity index (χ0v) is 12.9. The molecule has 2 aromatic rings. The standard InChI is InChI=1S/C17H11Cl2NO2/c18-13-7-3-1-5-10(13)12-9-15(21)20-17(22)16(12)11-6-2-4-8-14(11)19/h1-9,16H,(H,20,21,22). The predicted octanol–water partition coefficient (Wildman–Crippen LogP) is 3.82. The molecule has 1 aliphatic heterocycles. The van der Waals surface area contributed by atoms with Crippen molar-refractivity contribution in [2.75, 3.05) is 0 Å². The molecular weight excluding hydrogens is 321 g/mol. The molecule has 0 saturated carbocycles. The number of halogens is 2. The SMILES string of the molecule is O=C1C=C(c2ccccc2Cl)C(c2ccccc2Cl)C(=O)N1. The smallest absolute Gasteiger partial charge is 0.250 e. The summed E-state index contributed by atoms with van der Waals surface area (Å²) in [6.45, 7) is 0. The van der Waals surface area contributed by atoms with Crippen molar-refractivity contribution in [3.8, 4) is 0 Å². The first-order chi connectivity index (χ1) is 10.6. The van der Waals surface area contributed by atoms with Gasteiger partial charge in [0.1, 0.15) is 0 Å². The number of imide groups is 1. The Bertz CT molecular complexity index is 799. The van der Waals surface area contributed by atoms with E-state index in [0.29, 0.717) is 26.7 Å². The van der Waals surface area contributed by atoms with E-state index in [1.54, 1.807) is 42.5 Å². The van der Waals surface area contributed by atoms with Gasteiger partial charge in [-0.3, -0.25) is 14.9 Å². The van der Waals surface area contributed by atoms with Gasteiger partial charge in [0.25, 0.3) is 5.91 Å². The van der Waals surface area contributed by atoms with Crippen molar-refractivity contribution >= 4 is 40.6 Å². The molecule has 1 aliphatic rings. The summed E-state index contributed by atoms with van der Waals surface area (Å²) in [6.07, 6.45) is 1.40. The third-order valence-corrected chi connectivity index (χ3v) is 4.18. The molecular formula is C17H11Cl2NO2. The Kier molecular flexibility index (Phi) is 4.01. The van der Waals surface area contributed by atoms with Gasteiger partial charge in [0.05, 0.1) is 5.92 Å². The summed E-state index contributed by atoms with van der Waals surface area (Å²) in [7, 11) is 0. The second-order valence-electron chi connectivity index (χ2n) is 4.89. The lowest BCUT2D eigenvalue weighted by Gasteiger charge is -2.25. The molecule has 0 radical (unpaired) electrons. The van der Waals surface area contributed by atoms with Gasteiger partial charge in [-0.25, -0.2) is 0 Å². The summed E-state index contributed by atoms with van der Waals surface area (Å²) < 4.78 is 0. The number of benzene rings is 2. The average Bonchev–Trinajstić information content (AvgIpc) is 2.48. The molecule has 0 saturated heterocycles. The van der Waals surface area contributed by atoms with Crippen molar-refractivity contribution in [1.29, 1.82) is 0 Å². The lowest BCUT2D eigenvalue weighted by atomic mass is 9.84. The Balaban J connectivity index is 2.20. The Labute approximate surface area is 137 Å². The molecule has 2 amide bonds. The first kappa shape index (κ1) is 14.8. The van der Waals surface area contributed by atoms with E-state index in [9.17, 15) is 9.59 Å². The van der Waals surface area contributed by atoms with Crippen LogP contribution in [0.25, 0.3) is 5.57 Å². The van der Waals surface area contributed by atoms with Crippen LogP contribution in [-0.2, 0) is 9.59 Å². The first-order valence-corrected chi connectivity index (χ1v) is 7.39. The van der Waals surface area contributed by atoms with Crippen LogP contribution >= 0.6 is 23.2 Å². The molecule has 1 atom stereocenters. The van der Waals surface area contributed by atoms with Crippen LogP contribution in [0, 0.1) is 0 Å². The Hall–Kier alpha value is -2.10. The summed E-state index contributed by atoms with van der Waals surface area (Å²) in [5, 5.41) is 3.27. The van der Waals surface area contributed by atoms with Crippen LogP contribution < -0.4 is 5.32 Å². The van der Waals surface area contributed by atoms with E-state index in [4.69, 9.17) is 23.2 Å². The molecule has 3 nitrogen and oxygen atoms in total. The van der Waals surface area contributed by atoms with Crippen LogP contribution in [0.5, 0.6) is 0 Å². The van der Waals surface area contributed by atoms with Crippen LogP contribution in [0.15, 0.2) is 54.6 Å². The van der Waals surface area contributed by atoms with E-state index in [2.05, 4.69) is 5.32 Å². The van der Waals surface area contributed by atoms with Gasteiger partial charge < -0.3 is 0 Å². The van der Waals surface area contributed by atoms with Gasteiger partial charge in [0, 0.05) is 16.1 Å². The van der Waals surface area contributed by atoms with Crippen LogP contribution in [0.2, 0.25) is 10.0 Å². The number of carbonyl (C=O) groups is 2. The highest BCUT2D eigenvalue weighted by atomic mass is 35.5. The van der Waals surface area contributed by atoms with Gasteiger partial charge in [-0.2, -0.15) is 0 Å². The van der Waals surface area contributed by atoms with Crippen LogP contribution in [0.1, 0.15) is 17.0 Å². The summed E-state index contributed by atoms with van der Waals surface area (Å²) in [4.78, 5) is 24.1. The maximum absolute atomic E-state index is 12.4. The second-order valence-corrected chi connectivity index (χ2v) is 5.70. The average molecular weight is 332 g/mol. The zero-order chi connectivity index (χ0) is 15.7. The highest BCUT2D eigenvalue weighted by Gasteiger charge is 2.33. The van der Waals surface area contributed by atoms with Crippen molar-refractivity contribution in [3.63, 3.8) is 0 Å². The highest BCUT2D eigenvalue weighted by Crippen LogP contribution is 2.39. The molecule has 110 valence electrons. The Morgan fingerprint density at radius 1 is 0.864 bits per heavy atom. The molecule has 0 spiro atoms. The number of hydrogen-bond donors (Lipinski definition) is 1. The second kappa shape index (κ2) is 5.95. The van der Waals surface area contributed by atoms with Gasteiger partial charge >= 0.3 is 0 Å². The molecule has 0 fully saturated rings. The molecule has 0 aliphatic carbocycles. The monoisotopic (exact) mass is 331 g/mol. The summed E-state index contributed by atoms with van der Waals surface area (Å²) in [5.74, 6) is -1.54.